The number of piperazine rings is 1. The smallest absolute Gasteiger partial charge is 0.329 e. The molecular weight excluding hydrogens is 450 g/mol. The van der Waals surface area contributed by atoms with Crippen LogP contribution in [0, 0.1) is 25.2 Å². The molecule has 5 rings (SSSR count). The third-order valence-electron chi connectivity index (χ3n) is 7.55. The summed E-state index contributed by atoms with van der Waals surface area (Å²) in [5.41, 5.74) is 5.67. The Kier molecular flexibility index (Phi) is 7.04. The van der Waals surface area contributed by atoms with Gasteiger partial charge in [-0.3, -0.25) is 4.79 Å². The second-order valence-electron chi connectivity index (χ2n) is 9.87. The maximum atomic E-state index is 13.2. The van der Waals surface area contributed by atoms with Gasteiger partial charge in [0.1, 0.15) is 11.8 Å². The Morgan fingerprint density at radius 1 is 0.944 bits per heavy atom. The molecule has 0 spiro atoms. The minimum absolute atomic E-state index is 0.111. The van der Waals surface area contributed by atoms with Gasteiger partial charge in [0.2, 0.25) is 0 Å². The van der Waals surface area contributed by atoms with Crippen LogP contribution in [0.4, 0.5) is 11.5 Å². The molecular formula is C29H33N5O2. The predicted molar refractivity (Wildman–Crippen MR) is 141 cm³/mol. The first kappa shape index (κ1) is 24.1. The highest BCUT2D eigenvalue weighted by molar-refractivity contribution is 5.85. The fourth-order valence-electron chi connectivity index (χ4n) is 5.31. The maximum Gasteiger partial charge on any atom is 0.329 e. The van der Waals surface area contributed by atoms with Gasteiger partial charge in [-0.15, -0.1) is 0 Å². The number of para-hydroxylation sites is 2. The number of ether oxygens (including phenoxy) is 1. The van der Waals surface area contributed by atoms with Gasteiger partial charge in [0, 0.05) is 31.9 Å². The van der Waals surface area contributed by atoms with Crippen LogP contribution < -0.4 is 9.80 Å². The van der Waals surface area contributed by atoms with Crippen molar-refractivity contribution >= 4 is 28.5 Å². The van der Waals surface area contributed by atoms with Crippen LogP contribution in [0.1, 0.15) is 54.8 Å². The summed E-state index contributed by atoms with van der Waals surface area (Å²) in [5, 5.41) is 10.1. The van der Waals surface area contributed by atoms with Crippen molar-refractivity contribution < 1.29 is 9.53 Å². The molecule has 7 nitrogen and oxygen atoms in total. The molecule has 1 aliphatic carbocycles. The van der Waals surface area contributed by atoms with Gasteiger partial charge in [-0.25, -0.2) is 9.97 Å². The van der Waals surface area contributed by atoms with E-state index < -0.39 is 11.9 Å². The van der Waals surface area contributed by atoms with Crippen LogP contribution in [0.25, 0.3) is 11.0 Å². The van der Waals surface area contributed by atoms with Gasteiger partial charge < -0.3 is 14.5 Å². The molecule has 2 aliphatic rings. The Balaban J connectivity index is 1.43. The Hall–Kier alpha value is -3.66. The summed E-state index contributed by atoms with van der Waals surface area (Å²) in [7, 11) is 0. The van der Waals surface area contributed by atoms with Gasteiger partial charge in [0.15, 0.2) is 11.7 Å². The molecule has 0 amide bonds. The van der Waals surface area contributed by atoms with E-state index >= 15 is 0 Å². The highest BCUT2D eigenvalue weighted by Crippen LogP contribution is 2.31. The monoisotopic (exact) mass is 483 g/mol. The number of esters is 1. The molecule has 1 atom stereocenters. The zero-order chi connectivity index (χ0) is 25.1. The predicted octanol–water partition coefficient (Wildman–Crippen LogP) is 5.06. The molecule has 0 radical (unpaired) electrons. The van der Waals surface area contributed by atoms with E-state index in [0.717, 1.165) is 57.4 Å². The second-order valence-corrected chi connectivity index (χ2v) is 9.87. The Labute approximate surface area is 212 Å². The zero-order valence-corrected chi connectivity index (χ0v) is 21.1. The van der Waals surface area contributed by atoms with Crippen molar-refractivity contribution in [3.63, 3.8) is 0 Å². The number of hydrogen-bond donors (Lipinski definition) is 0. The highest BCUT2D eigenvalue weighted by Gasteiger charge is 2.33. The topological polar surface area (TPSA) is 82.4 Å². The van der Waals surface area contributed by atoms with E-state index in [-0.39, 0.29) is 6.10 Å². The largest absolute Gasteiger partial charge is 0.461 e. The fourth-order valence-corrected chi connectivity index (χ4v) is 5.31. The van der Waals surface area contributed by atoms with E-state index in [4.69, 9.17) is 14.7 Å². The van der Waals surface area contributed by atoms with Crippen molar-refractivity contribution in [2.24, 2.45) is 0 Å². The zero-order valence-electron chi connectivity index (χ0n) is 21.1. The lowest BCUT2D eigenvalue weighted by Crippen LogP contribution is -2.47. The number of aromatic nitrogens is 2. The number of anilines is 2. The molecule has 1 aromatic heterocycles. The fraction of sp³-hybridized carbons (Fsp3) is 0.448. The van der Waals surface area contributed by atoms with Crippen molar-refractivity contribution in [2.75, 3.05) is 36.0 Å². The number of rotatable bonds is 5. The molecule has 2 aromatic carbocycles. The Morgan fingerprint density at radius 3 is 2.31 bits per heavy atom. The van der Waals surface area contributed by atoms with Gasteiger partial charge in [0.25, 0.3) is 0 Å². The first-order valence-electron chi connectivity index (χ1n) is 13.0. The minimum Gasteiger partial charge on any atom is -0.461 e. The minimum atomic E-state index is -1.10. The molecule has 2 heterocycles. The van der Waals surface area contributed by atoms with Crippen LogP contribution in [0.2, 0.25) is 0 Å². The molecule has 36 heavy (non-hydrogen) atoms. The number of nitrogens with zero attached hydrogens (tertiary/aromatic N) is 5. The van der Waals surface area contributed by atoms with Crippen molar-refractivity contribution in [1.82, 2.24) is 9.97 Å². The van der Waals surface area contributed by atoms with Crippen LogP contribution in [-0.4, -0.2) is 48.2 Å². The lowest BCUT2D eigenvalue weighted by molar-refractivity contribution is -0.150. The second kappa shape index (κ2) is 10.5. The lowest BCUT2D eigenvalue weighted by atomic mass is 9.97. The summed E-state index contributed by atoms with van der Waals surface area (Å²) < 4.78 is 5.80. The van der Waals surface area contributed by atoms with E-state index in [0.29, 0.717) is 17.0 Å². The van der Waals surface area contributed by atoms with Crippen molar-refractivity contribution in [1.29, 1.82) is 5.26 Å². The summed E-state index contributed by atoms with van der Waals surface area (Å²) in [6.07, 6.45) is 4.90. The van der Waals surface area contributed by atoms with Crippen LogP contribution in [0.5, 0.6) is 0 Å². The highest BCUT2D eigenvalue weighted by atomic mass is 16.5. The number of hydrogen-bond acceptors (Lipinski definition) is 7. The first-order valence-corrected chi connectivity index (χ1v) is 13.0. The molecule has 1 aliphatic heterocycles. The van der Waals surface area contributed by atoms with E-state index in [1.165, 1.54) is 23.2 Å². The average molecular weight is 484 g/mol. The van der Waals surface area contributed by atoms with Gasteiger partial charge in [-0.05, 0) is 68.9 Å². The molecule has 3 aromatic rings. The average Bonchev–Trinajstić information content (AvgIpc) is 2.91. The normalized spacial score (nSPS) is 17.6. The van der Waals surface area contributed by atoms with Crippen LogP contribution >= 0.6 is 0 Å². The number of fused-ring (bicyclic) bond motifs is 1. The maximum absolute atomic E-state index is 13.2. The van der Waals surface area contributed by atoms with Gasteiger partial charge in [-0.1, -0.05) is 30.7 Å². The molecule has 7 heteroatoms. The van der Waals surface area contributed by atoms with E-state index in [2.05, 4.69) is 47.9 Å². The summed E-state index contributed by atoms with van der Waals surface area (Å²) in [5.74, 6) is -0.998. The quantitative estimate of drug-likeness (QED) is 0.469. The standard InChI is InChI=1S/C29H33N5O2/c1-20-9-8-14-26(21(20)2)33-15-17-34(18-16-33)28-27(31-24-12-6-7-13-25(24)32-28)23(19-30)29(35)36-22-10-4-3-5-11-22/h6-9,12-14,22-23H,3-5,10-11,15-18H2,1-2H3/t23-/m1/s1. The third-order valence-corrected chi connectivity index (χ3v) is 7.55. The van der Waals surface area contributed by atoms with Crippen molar-refractivity contribution in [3.8, 4) is 6.07 Å². The summed E-state index contributed by atoms with van der Waals surface area (Å²) in [4.78, 5) is 27.4. The summed E-state index contributed by atoms with van der Waals surface area (Å²) >= 11 is 0. The van der Waals surface area contributed by atoms with Gasteiger partial charge in [0.05, 0.1) is 17.1 Å². The van der Waals surface area contributed by atoms with Crippen molar-refractivity contribution in [2.45, 2.75) is 58.0 Å². The van der Waals surface area contributed by atoms with Gasteiger partial charge in [-0.2, -0.15) is 5.26 Å². The molecule has 0 bridgehead atoms. The molecule has 186 valence electrons. The Bertz CT molecular complexity index is 1290. The molecule has 0 N–H and O–H groups in total. The number of aryl methyl sites for hydroxylation is 1. The van der Waals surface area contributed by atoms with E-state index in [1.807, 2.05) is 24.3 Å². The number of carbonyl (C=O) groups excluding carboxylic acids is 1. The third kappa shape index (κ3) is 4.86. The first-order chi connectivity index (χ1) is 17.5. The van der Waals surface area contributed by atoms with Crippen LogP contribution in [-0.2, 0) is 9.53 Å². The lowest BCUT2D eigenvalue weighted by Gasteiger charge is -2.38. The van der Waals surface area contributed by atoms with Crippen LogP contribution in [0.15, 0.2) is 42.5 Å². The summed E-state index contributed by atoms with van der Waals surface area (Å²) in [6.45, 7) is 7.40. The summed E-state index contributed by atoms with van der Waals surface area (Å²) in [6, 6.07) is 16.2. The van der Waals surface area contributed by atoms with Gasteiger partial charge >= 0.3 is 5.97 Å². The molecule has 0 unspecified atom stereocenters. The Morgan fingerprint density at radius 2 is 1.61 bits per heavy atom. The van der Waals surface area contributed by atoms with E-state index in [9.17, 15) is 10.1 Å². The number of benzene rings is 2. The number of nitriles is 1. The van der Waals surface area contributed by atoms with Crippen LogP contribution in [0.3, 0.4) is 0 Å². The SMILES string of the molecule is Cc1cccc(N2CCN(c3nc4ccccc4nc3[C@@H](C#N)C(=O)OC3CCCCC3)CC2)c1C. The van der Waals surface area contributed by atoms with E-state index in [1.54, 1.807) is 0 Å². The van der Waals surface area contributed by atoms with Crippen molar-refractivity contribution in [3.05, 3.63) is 59.3 Å². The molecule has 1 saturated heterocycles. The molecule has 1 saturated carbocycles. The number of carbonyl (C=O) groups is 1. The molecule has 2 fully saturated rings.